The molecular formula is C19H15N3O3S. The second-order valence-corrected chi connectivity index (χ2v) is 6.43. The molecule has 1 amide bonds. The van der Waals surface area contributed by atoms with Crippen molar-refractivity contribution in [1.29, 1.82) is 0 Å². The summed E-state index contributed by atoms with van der Waals surface area (Å²) in [4.78, 5) is 20.1. The van der Waals surface area contributed by atoms with E-state index in [0.29, 0.717) is 34.2 Å². The summed E-state index contributed by atoms with van der Waals surface area (Å²) in [6.45, 7) is 0. The Bertz CT molecular complexity index is 1080. The fourth-order valence-electron chi connectivity index (χ4n) is 2.62. The number of fused-ring (bicyclic) bond motifs is 3. The van der Waals surface area contributed by atoms with Gasteiger partial charge in [0.25, 0.3) is 5.88 Å². The van der Waals surface area contributed by atoms with Crippen LogP contribution in [0.15, 0.2) is 59.3 Å². The lowest BCUT2D eigenvalue weighted by Crippen LogP contribution is -2.13. The first-order valence-corrected chi connectivity index (χ1v) is 9.33. The SMILES string of the molecule is CSCC(=O)Nc1ccc(Oc2ncnc3c2oc2ccccc23)cc1. The average Bonchev–Trinajstić information content (AvgIpc) is 3.03. The molecule has 0 fully saturated rings. The second kappa shape index (κ2) is 7.05. The normalized spacial score (nSPS) is 11.0. The highest BCUT2D eigenvalue weighted by Crippen LogP contribution is 2.33. The van der Waals surface area contributed by atoms with Gasteiger partial charge in [-0.3, -0.25) is 4.79 Å². The van der Waals surface area contributed by atoms with Crippen molar-refractivity contribution in [1.82, 2.24) is 9.97 Å². The van der Waals surface area contributed by atoms with Crippen LogP contribution < -0.4 is 10.1 Å². The van der Waals surface area contributed by atoms with Crippen molar-refractivity contribution in [3.63, 3.8) is 0 Å². The summed E-state index contributed by atoms with van der Waals surface area (Å²) in [5.74, 6) is 1.33. The summed E-state index contributed by atoms with van der Waals surface area (Å²) >= 11 is 1.48. The highest BCUT2D eigenvalue weighted by molar-refractivity contribution is 7.99. The molecule has 0 aliphatic rings. The molecule has 130 valence electrons. The van der Waals surface area contributed by atoms with Crippen LogP contribution in [0.2, 0.25) is 0 Å². The van der Waals surface area contributed by atoms with Gasteiger partial charge in [0.05, 0.1) is 5.75 Å². The smallest absolute Gasteiger partial charge is 0.267 e. The number of amides is 1. The van der Waals surface area contributed by atoms with Gasteiger partial charge in [0, 0.05) is 11.1 Å². The molecular weight excluding hydrogens is 350 g/mol. The monoisotopic (exact) mass is 365 g/mol. The van der Waals surface area contributed by atoms with Gasteiger partial charge in [-0.25, -0.2) is 4.98 Å². The fraction of sp³-hybridized carbons (Fsp3) is 0.105. The summed E-state index contributed by atoms with van der Waals surface area (Å²) in [6, 6.07) is 14.8. The van der Waals surface area contributed by atoms with Crippen molar-refractivity contribution in [2.75, 3.05) is 17.3 Å². The van der Waals surface area contributed by atoms with Crippen molar-refractivity contribution in [3.8, 4) is 11.6 Å². The molecule has 2 aromatic carbocycles. The molecule has 2 aromatic heterocycles. The molecule has 4 rings (SSSR count). The summed E-state index contributed by atoms with van der Waals surface area (Å²) in [6.07, 6.45) is 3.34. The van der Waals surface area contributed by atoms with Crippen molar-refractivity contribution in [2.45, 2.75) is 0 Å². The van der Waals surface area contributed by atoms with Gasteiger partial charge in [-0.05, 0) is 42.7 Å². The maximum Gasteiger partial charge on any atom is 0.267 e. The number of nitrogens with one attached hydrogen (secondary N) is 1. The molecule has 0 bridgehead atoms. The number of anilines is 1. The Morgan fingerprint density at radius 3 is 2.77 bits per heavy atom. The standard InChI is InChI=1S/C19H15N3O3S/c1-26-10-16(23)22-12-6-8-13(9-7-12)24-19-18-17(20-11-21-19)14-4-2-3-5-15(14)25-18/h2-9,11H,10H2,1H3,(H,22,23). The third-order valence-electron chi connectivity index (χ3n) is 3.75. The van der Waals surface area contributed by atoms with Gasteiger partial charge in [0.1, 0.15) is 23.2 Å². The second-order valence-electron chi connectivity index (χ2n) is 5.56. The Labute approximate surface area is 153 Å². The maximum atomic E-state index is 11.6. The third-order valence-corrected chi connectivity index (χ3v) is 4.30. The molecule has 4 aromatic rings. The van der Waals surface area contributed by atoms with Crippen LogP contribution in [0.3, 0.4) is 0 Å². The zero-order chi connectivity index (χ0) is 17.9. The Balaban J connectivity index is 1.60. The van der Waals surface area contributed by atoms with E-state index in [-0.39, 0.29) is 5.91 Å². The van der Waals surface area contributed by atoms with Crippen LogP contribution in [0.25, 0.3) is 22.1 Å². The van der Waals surface area contributed by atoms with Gasteiger partial charge in [-0.2, -0.15) is 16.7 Å². The number of ether oxygens (including phenoxy) is 1. The number of aromatic nitrogens is 2. The van der Waals surface area contributed by atoms with E-state index in [0.717, 1.165) is 11.0 Å². The highest BCUT2D eigenvalue weighted by Gasteiger charge is 2.14. The topological polar surface area (TPSA) is 77.2 Å². The summed E-state index contributed by atoms with van der Waals surface area (Å²) in [5, 5.41) is 3.74. The number of furan rings is 1. The molecule has 0 unspecified atom stereocenters. The number of carbonyl (C=O) groups excluding carboxylic acids is 1. The number of para-hydroxylation sites is 1. The molecule has 26 heavy (non-hydrogen) atoms. The fourth-order valence-corrected chi connectivity index (χ4v) is 2.96. The summed E-state index contributed by atoms with van der Waals surface area (Å²) in [7, 11) is 0. The van der Waals surface area contributed by atoms with E-state index < -0.39 is 0 Å². The molecule has 0 radical (unpaired) electrons. The molecule has 0 aliphatic carbocycles. The zero-order valence-corrected chi connectivity index (χ0v) is 14.7. The lowest BCUT2D eigenvalue weighted by atomic mass is 10.2. The zero-order valence-electron chi connectivity index (χ0n) is 13.9. The number of thioether (sulfide) groups is 1. The van der Waals surface area contributed by atoms with Crippen LogP contribution in [0, 0.1) is 0 Å². The molecule has 2 heterocycles. The molecule has 0 spiro atoms. The van der Waals surface area contributed by atoms with E-state index in [1.807, 2.05) is 30.5 Å². The van der Waals surface area contributed by atoms with Gasteiger partial charge in [-0.1, -0.05) is 12.1 Å². The molecule has 0 saturated carbocycles. The van der Waals surface area contributed by atoms with E-state index in [2.05, 4.69) is 15.3 Å². The Morgan fingerprint density at radius 1 is 1.15 bits per heavy atom. The van der Waals surface area contributed by atoms with Crippen molar-refractivity contribution >= 4 is 45.4 Å². The lowest BCUT2D eigenvalue weighted by molar-refractivity contribution is -0.113. The van der Waals surface area contributed by atoms with Crippen LogP contribution in [0.1, 0.15) is 0 Å². The van der Waals surface area contributed by atoms with E-state index in [1.54, 1.807) is 24.3 Å². The first kappa shape index (κ1) is 16.4. The summed E-state index contributed by atoms with van der Waals surface area (Å²) < 4.78 is 11.7. The average molecular weight is 365 g/mol. The minimum atomic E-state index is -0.0362. The number of benzene rings is 2. The van der Waals surface area contributed by atoms with Gasteiger partial charge in [0.2, 0.25) is 11.5 Å². The molecule has 0 saturated heterocycles. The Hall–Kier alpha value is -3.06. The number of hydrogen-bond donors (Lipinski definition) is 1. The van der Waals surface area contributed by atoms with Gasteiger partial charge >= 0.3 is 0 Å². The van der Waals surface area contributed by atoms with Crippen LogP contribution in [-0.2, 0) is 4.79 Å². The van der Waals surface area contributed by atoms with E-state index in [1.165, 1.54) is 18.1 Å². The molecule has 0 aliphatic heterocycles. The van der Waals surface area contributed by atoms with Crippen molar-refractivity contribution in [2.24, 2.45) is 0 Å². The van der Waals surface area contributed by atoms with Gasteiger partial charge in [-0.15, -0.1) is 0 Å². The first-order chi connectivity index (χ1) is 12.7. The number of rotatable bonds is 5. The lowest BCUT2D eigenvalue weighted by Gasteiger charge is -2.07. The quantitative estimate of drug-likeness (QED) is 0.562. The van der Waals surface area contributed by atoms with Crippen molar-refractivity contribution in [3.05, 3.63) is 54.9 Å². The first-order valence-electron chi connectivity index (χ1n) is 7.93. The number of nitrogens with zero attached hydrogens (tertiary/aromatic N) is 2. The summed E-state index contributed by atoms with van der Waals surface area (Å²) in [5.41, 5.74) is 2.67. The highest BCUT2D eigenvalue weighted by atomic mass is 32.2. The Morgan fingerprint density at radius 2 is 1.96 bits per heavy atom. The minimum Gasteiger partial charge on any atom is -0.449 e. The van der Waals surface area contributed by atoms with Crippen molar-refractivity contribution < 1.29 is 13.9 Å². The predicted molar refractivity (Wildman–Crippen MR) is 103 cm³/mol. The minimum absolute atomic E-state index is 0.0362. The largest absolute Gasteiger partial charge is 0.449 e. The molecule has 6 nitrogen and oxygen atoms in total. The predicted octanol–water partition coefficient (Wildman–Crippen LogP) is 4.47. The van der Waals surface area contributed by atoms with Gasteiger partial charge in [0.15, 0.2) is 0 Å². The molecule has 1 N–H and O–H groups in total. The van der Waals surface area contributed by atoms with Crippen LogP contribution in [0.5, 0.6) is 11.6 Å². The molecule has 7 heteroatoms. The van der Waals surface area contributed by atoms with Crippen LogP contribution in [-0.4, -0.2) is 27.9 Å². The maximum absolute atomic E-state index is 11.6. The van der Waals surface area contributed by atoms with E-state index in [9.17, 15) is 4.79 Å². The van der Waals surface area contributed by atoms with Crippen LogP contribution >= 0.6 is 11.8 Å². The van der Waals surface area contributed by atoms with E-state index in [4.69, 9.17) is 9.15 Å². The third kappa shape index (κ3) is 3.21. The molecule has 0 atom stereocenters. The number of hydrogen-bond acceptors (Lipinski definition) is 6. The van der Waals surface area contributed by atoms with Crippen LogP contribution in [0.4, 0.5) is 5.69 Å². The van der Waals surface area contributed by atoms with E-state index >= 15 is 0 Å². The van der Waals surface area contributed by atoms with Gasteiger partial charge < -0.3 is 14.5 Å². The number of carbonyl (C=O) groups is 1. The Kier molecular flexibility index (Phi) is 4.45.